The summed E-state index contributed by atoms with van der Waals surface area (Å²) in [6.07, 6.45) is -0.706. The van der Waals surface area contributed by atoms with E-state index in [2.05, 4.69) is 53.4 Å². The van der Waals surface area contributed by atoms with Crippen LogP contribution in [0.4, 0.5) is 9.18 Å². The van der Waals surface area contributed by atoms with Crippen LogP contribution in [0, 0.1) is 5.92 Å². The maximum atomic E-state index is 17.2. The number of hydrogen-bond acceptors (Lipinski definition) is 7. The number of carbonyl (C=O) groups excluding carboxylic acids is 2. The molecule has 0 aromatic heterocycles. The lowest BCUT2D eigenvalue weighted by Gasteiger charge is -2.41. The molecule has 236 valence electrons. The fraction of sp³-hybridized carbons (Fsp3) is 0.793. The van der Waals surface area contributed by atoms with Gasteiger partial charge in [-0.2, -0.15) is 0 Å². The van der Waals surface area contributed by atoms with Crippen molar-refractivity contribution in [3.8, 4) is 0 Å². The lowest BCUT2D eigenvalue weighted by molar-refractivity contribution is -0.216. The number of amides is 2. The number of esters is 1. The molecule has 0 saturated carbocycles. The second-order valence-electron chi connectivity index (χ2n) is 11.6. The van der Waals surface area contributed by atoms with Gasteiger partial charge in [-0.05, 0) is 49.3 Å². The van der Waals surface area contributed by atoms with Gasteiger partial charge in [0.05, 0.1) is 12.5 Å². The van der Waals surface area contributed by atoms with Gasteiger partial charge < -0.3 is 28.4 Å². The molecule has 1 N–H and O–H groups in total. The molecule has 2 aliphatic heterocycles. The molecule has 9 nitrogen and oxygen atoms in total. The summed E-state index contributed by atoms with van der Waals surface area (Å²) in [7, 11) is -4.77. The second-order valence-corrected chi connectivity index (χ2v) is 21.0. The first-order chi connectivity index (χ1) is 19.3. The fourth-order valence-corrected chi connectivity index (χ4v) is 10.9. The molecule has 41 heavy (non-hydrogen) atoms. The van der Waals surface area contributed by atoms with E-state index in [4.69, 9.17) is 23.1 Å². The maximum Gasteiger partial charge on any atom is 0.325 e. The molecule has 0 aromatic rings. The Kier molecular flexibility index (Phi) is 13.2. The average molecular weight is 617 g/mol. The van der Waals surface area contributed by atoms with E-state index in [0.717, 1.165) is 41.8 Å². The van der Waals surface area contributed by atoms with Crippen LogP contribution in [0.2, 0.25) is 36.3 Å². The summed E-state index contributed by atoms with van der Waals surface area (Å²) in [5.74, 6) is -3.50. The summed E-state index contributed by atoms with van der Waals surface area (Å²) >= 11 is 0. The van der Waals surface area contributed by atoms with E-state index in [-0.39, 0.29) is 6.61 Å². The quantitative estimate of drug-likeness (QED) is 0.114. The van der Waals surface area contributed by atoms with Crippen molar-refractivity contribution >= 4 is 28.6 Å². The van der Waals surface area contributed by atoms with Gasteiger partial charge >= 0.3 is 12.0 Å². The van der Waals surface area contributed by atoms with Crippen molar-refractivity contribution in [3.63, 3.8) is 0 Å². The smallest absolute Gasteiger partial charge is 0.325 e. The van der Waals surface area contributed by atoms with E-state index in [0.29, 0.717) is 0 Å². The first-order valence-electron chi connectivity index (χ1n) is 15.2. The maximum absolute atomic E-state index is 17.2. The van der Waals surface area contributed by atoms with Gasteiger partial charge in [-0.1, -0.05) is 67.5 Å². The summed E-state index contributed by atoms with van der Waals surface area (Å²) in [5.41, 5.74) is 0.816. The second kappa shape index (κ2) is 15.2. The first kappa shape index (κ1) is 35.6. The van der Waals surface area contributed by atoms with Crippen molar-refractivity contribution in [1.82, 2.24) is 10.2 Å². The van der Waals surface area contributed by atoms with Crippen molar-refractivity contribution < 1.29 is 37.0 Å². The van der Waals surface area contributed by atoms with Gasteiger partial charge in [0.25, 0.3) is 5.85 Å². The highest BCUT2D eigenvalue weighted by Crippen LogP contribution is 2.44. The first-order valence-corrected chi connectivity index (χ1v) is 20.3. The Hall–Kier alpha value is -1.58. The Labute approximate surface area is 248 Å². The van der Waals surface area contributed by atoms with Gasteiger partial charge in [-0.15, -0.1) is 0 Å². The highest BCUT2D eigenvalue weighted by Gasteiger charge is 2.63. The minimum absolute atomic E-state index is 0.279. The highest BCUT2D eigenvalue weighted by atomic mass is 28.4. The molecule has 0 aromatic carbocycles. The third-order valence-corrected chi connectivity index (χ3v) is 17.8. The Morgan fingerprint density at radius 2 is 1.61 bits per heavy atom. The van der Waals surface area contributed by atoms with Crippen molar-refractivity contribution in [2.75, 3.05) is 13.2 Å². The fourth-order valence-electron chi connectivity index (χ4n) is 5.24. The monoisotopic (exact) mass is 616 g/mol. The molecule has 2 amide bonds. The highest BCUT2D eigenvalue weighted by molar-refractivity contribution is 6.74. The number of halogens is 1. The van der Waals surface area contributed by atoms with Crippen molar-refractivity contribution in [2.45, 2.75) is 129 Å². The summed E-state index contributed by atoms with van der Waals surface area (Å²) in [5, 5.41) is 2.79. The van der Waals surface area contributed by atoms with E-state index in [1.54, 1.807) is 26.1 Å². The topological polar surface area (TPSA) is 95.6 Å². The third-order valence-electron chi connectivity index (χ3n) is 8.54. The minimum Gasteiger partial charge on any atom is -0.459 e. The Bertz CT molecular complexity index is 912. The Morgan fingerprint density at radius 1 is 1.07 bits per heavy atom. The zero-order chi connectivity index (χ0) is 31.0. The van der Waals surface area contributed by atoms with Crippen LogP contribution in [0.1, 0.15) is 62.3 Å². The van der Waals surface area contributed by atoms with Gasteiger partial charge in [-0.25, -0.2) is 9.18 Å². The van der Waals surface area contributed by atoms with Crippen LogP contribution >= 0.6 is 0 Å². The molecule has 5 atom stereocenters. The lowest BCUT2D eigenvalue weighted by Crippen LogP contribution is -2.58. The molecule has 2 heterocycles. The van der Waals surface area contributed by atoms with Crippen LogP contribution in [-0.2, 0) is 27.9 Å². The summed E-state index contributed by atoms with van der Waals surface area (Å²) in [4.78, 5) is 27.1. The molecule has 0 radical (unpaired) electrons. The Morgan fingerprint density at radius 3 is 2.07 bits per heavy atom. The molecule has 0 aliphatic carbocycles. The lowest BCUT2D eigenvalue weighted by atomic mass is 10.1. The van der Waals surface area contributed by atoms with Crippen molar-refractivity contribution in [2.24, 2.45) is 5.92 Å². The predicted octanol–water partition coefficient (Wildman–Crippen LogP) is 6.45. The molecular weight excluding hydrogens is 563 g/mol. The molecule has 1 fully saturated rings. The van der Waals surface area contributed by atoms with Gasteiger partial charge in [0, 0.05) is 6.20 Å². The van der Waals surface area contributed by atoms with Gasteiger partial charge in [-0.3, -0.25) is 9.69 Å². The van der Waals surface area contributed by atoms with Crippen LogP contribution in [-0.4, -0.2) is 77.3 Å². The molecule has 0 spiro atoms. The molecule has 2 aliphatic rings. The van der Waals surface area contributed by atoms with Gasteiger partial charge in [0.15, 0.2) is 35.7 Å². The molecule has 1 unspecified atom stereocenters. The number of rotatable bonds is 17. The SMILES string of the molecule is C=C(C)COC1C=CN([C@@H]2O[C@](F)(COC(=O)C(C)C)[C@@H](O[Si](CC)(CC)CC)[C@H]2O[Si](CC)(CC)CC)C(=O)N1. The zero-order valence-corrected chi connectivity index (χ0v) is 28.6. The van der Waals surface area contributed by atoms with Crippen molar-refractivity contribution in [1.29, 1.82) is 0 Å². The standard InChI is InChI=1S/C29H53FN2O7Si2/c1-11-40(12-2,13-3)38-24-25(39-41(14-4,15-5)16-6)29(30,20-36-27(33)22(9)10)37-26(24)32-18-17-23(31-28(32)34)35-19-21(7)8/h17-18,22-26H,7,11-16,19-20H2,1-6,8-10H3,(H,31,34)/t23?,24-,25+,26-,29-/m1/s1. The molecule has 12 heteroatoms. The number of alkyl halides is 1. The number of hydrogen-bond donors (Lipinski definition) is 1. The molecular formula is C29H53FN2O7Si2. The Balaban J connectivity index is 2.60. The number of ether oxygens (including phenoxy) is 3. The predicted molar refractivity (Wildman–Crippen MR) is 163 cm³/mol. The van der Waals surface area contributed by atoms with Crippen LogP contribution in [0.25, 0.3) is 0 Å². The minimum atomic E-state index is -2.52. The van der Waals surface area contributed by atoms with Crippen LogP contribution in [0.3, 0.4) is 0 Å². The van der Waals surface area contributed by atoms with E-state index < -0.39 is 71.7 Å². The normalized spacial score (nSPS) is 26.9. The number of urea groups is 1. The number of carbonyl (C=O) groups is 2. The van der Waals surface area contributed by atoms with E-state index in [9.17, 15) is 9.59 Å². The largest absolute Gasteiger partial charge is 0.459 e. The van der Waals surface area contributed by atoms with E-state index in [1.807, 2.05) is 6.92 Å². The third kappa shape index (κ3) is 8.50. The van der Waals surface area contributed by atoms with Crippen LogP contribution < -0.4 is 5.32 Å². The van der Waals surface area contributed by atoms with E-state index >= 15 is 4.39 Å². The van der Waals surface area contributed by atoms with Crippen molar-refractivity contribution in [3.05, 3.63) is 24.4 Å². The number of nitrogens with one attached hydrogen (secondary N) is 1. The number of nitrogens with zero attached hydrogens (tertiary/aromatic N) is 1. The molecule has 2 rings (SSSR count). The summed E-state index contributed by atoms with van der Waals surface area (Å²) in [6, 6.07) is 4.26. The molecule has 1 saturated heterocycles. The summed E-state index contributed by atoms with van der Waals surface area (Å²) < 4.78 is 48.2. The van der Waals surface area contributed by atoms with Gasteiger partial charge in [0.1, 0.15) is 12.2 Å². The van der Waals surface area contributed by atoms with Crippen LogP contribution in [0.15, 0.2) is 24.4 Å². The van der Waals surface area contributed by atoms with Crippen LogP contribution in [0.5, 0.6) is 0 Å². The van der Waals surface area contributed by atoms with Gasteiger partial charge in [0.2, 0.25) is 0 Å². The molecule has 0 bridgehead atoms. The van der Waals surface area contributed by atoms with E-state index in [1.165, 1.54) is 4.90 Å². The summed E-state index contributed by atoms with van der Waals surface area (Å²) in [6.45, 7) is 21.1. The average Bonchev–Trinajstić information content (AvgIpc) is 3.22. The zero-order valence-electron chi connectivity index (χ0n) is 26.6.